The predicted molar refractivity (Wildman–Crippen MR) is 161 cm³/mol. The van der Waals surface area contributed by atoms with E-state index in [9.17, 15) is 9.59 Å². The molecule has 0 spiro atoms. The Kier molecular flexibility index (Phi) is 8.29. The van der Waals surface area contributed by atoms with Crippen LogP contribution in [0.15, 0.2) is 108 Å². The molecule has 2 amide bonds. The maximum atomic E-state index is 14.1. The number of carbonyl (C=O) groups is 1. The topological polar surface area (TPSA) is 85.7 Å². The second-order valence-corrected chi connectivity index (χ2v) is 9.50. The number of rotatable bonds is 9. The minimum absolute atomic E-state index is 0.235. The molecule has 1 heterocycles. The number of anilines is 1. The van der Waals surface area contributed by atoms with Crippen molar-refractivity contribution in [3.05, 3.63) is 125 Å². The van der Waals surface area contributed by atoms with Gasteiger partial charge in [-0.15, -0.1) is 0 Å². The van der Waals surface area contributed by atoms with Crippen LogP contribution >= 0.6 is 0 Å². The second kappa shape index (κ2) is 12.4. The van der Waals surface area contributed by atoms with Crippen LogP contribution in [0.4, 0.5) is 10.5 Å². The van der Waals surface area contributed by atoms with Crippen molar-refractivity contribution in [2.75, 3.05) is 19.5 Å². The van der Waals surface area contributed by atoms with Crippen molar-refractivity contribution >= 4 is 22.6 Å². The van der Waals surface area contributed by atoms with Crippen molar-refractivity contribution in [2.45, 2.75) is 25.9 Å². The predicted octanol–water partition coefficient (Wildman–Crippen LogP) is 6.59. The molecule has 0 radical (unpaired) electrons. The van der Waals surface area contributed by atoms with Gasteiger partial charge in [0.1, 0.15) is 17.3 Å². The van der Waals surface area contributed by atoms with Crippen molar-refractivity contribution in [3.63, 3.8) is 0 Å². The van der Waals surface area contributed by atoms with E-state index in [1.807, 2.05) is 85.8 Å². The van der Waals surface area contributed by atoms with Crippen molar-refractivity contribution in [3.8, 4) is 17.2 Å². The standard InChI is InChI=1S/C33H32N4O4/c1-4-28(36(22-23-13-6-5-7-14-23)33(39)34-24-15-12-16-25(21-24)40-2)31-35-27-18-9-8-17-26(27)32(38)37(31)29-19-10-11-20-30(29)41-3/h5-21,28H,4,22H2,1-3H3,(H,34,39). The molecule has 0 aliphatic carbocycles. The molecule has 0 bridgehead atoms. The number of aromatic nitrogens is 2. The largest absolute Gasteiger partial charge is 0.497 e. The number of fused-ring (bicyclic) bond motifs is 1. The molecule has 0 fully saturated rings. The van der Waals surface area contributed by atoms with Gasteiger partial charge in [0.2, 0.25) is 0 Å². The number of urea groups is 1. The first-order valence-corrected chi connectivity index (χ1v) is 13.4. The van der Waals surface area contributed by atoms with Gasteiger partial charge in [0.15, 0.2) is 0 Å². The summed E-state index contributed by atoms with van der Waals surface area (Å²) in [6.07, 6.45) is 0.498. The summed E-state index contributed by atoms with van der Waals surface area (Å²) < 4.78 is 12.6. The number of benzene rings is 4. The Hall–Kier alpha value is -5.11. The lowest BCUT2D eigenvalue weighted by molar-refractivity contribution is 0.177. The molecule has 1 N–H and O–H groups in total. The fourth-order valence-electron chi connectivity index (χ4n) is 4.96. The molecule has 1 aromatic heterocycles. The number of hydrogen-bond acceptors (Lipinski definition) is 5. The fraction of sp³-hybridized carbons (Fsp3) is 0.182. The van der Waals surface area contributed by atoms with Crippen LogP contribution in [-0.4, -0.2) is 34.7 Å². The normalized spacial score (nSPS) is 11.6. The third kappa shape index (κ3) is 5.77. The van der Waals surface area contributed by atoms with Crippen LogP contribution in [0.3, 0.4) is 0 Å². The van der Waals surface area contributed by atoms with Gasteiger partial charge >= 0.3 is 6.03 Å². The number of nitrogens with one attached hydrogen (secondary N) is 1. The number of carbonyl (C=O) groups excluding carboxylic acids is 1. The highest BCUT2D eigenvalue weighted by Gasteiger charge is 2.30. The highest BCUT2D eigenvalue weighted by Crippen LogP contribution is 2.31. The Balaban J connectivity index is 1.69. The molecule has 41 heavy (non-hydrogen) atoms. The summed E-state index contributed by atoms with van der Waals surface area (Å²) in [5.41, 5.74) is 2.42. The third-order valence-electron chi connectivity index (χ3n) is 6.97. The van der Waals surface area contributed by atoms with Gasteiger partial charge in [-0.3, -0.25) is 9.36 Å². The molecular formula is C33H32N4O4. The van der Waals surface area contributed by atoms with Gasteiger partial charge in [-0.2, -0.15) is 0 Å². The molecule has 8 nitrogen and oxygen atoms in total. The lowest BCUT2D eigenvalue weighted by atomic mass is 10.1. The van der Waals surface area contributed by atoms with Crippen molar-refractivity contribution < 1.29 is 14.3 Å². The zero-order valence-corrected chi connectivity index (χ0v) is 23.3. The van der Waals surface area contributed by atoms with Gasteiger partial charge in [0, 0.05) is 18.3 Å². The van der Waals surface area contributed by atoms with E-state index in [1.165, 1.54) is 0 Å². The Bertz CT molecular complexity index is 1720. The van der Waals surface area contributed by atoms with E-state index >= 15 is 0 Å². The quantitative estimate of drug-likeness (QED) is 0.225. The van der Waals surface area contributed by atoms with Crippen molar-refractivity contribution in [1.82, 2.24) is 14.5 Å². The summed E-state index contributed by atoms with van der Waals surface area (Å²) in [7, 11) is 3.15. The minimum atomic E-state index is -0.567. The van der Waals surface area contributed by atoms with E-state index < -0.39 is 6.04 Å². The van der Waals surface area contributed by atoms with Crippen LogP contribution in [0.2, 0.25) is 0 Å². The number of para-hydroxylation sites is 3. The molecule has 1 unspecified atom stereocenters. The Morgan fingerprint density at radius 3 is 2.39 bits per heavy atom. The summed E-state index contributed by atoms with van der Waals surface area (Å²) in [4.78, 5) is 34.9. The van der Waals surface area contributed by atoms with Crippen LogP contribution < -0.4 is 20.3 Å². The molecule has 0 aliphatic heterocycles. The third-order valence-corrected chi connectivity index (χ3v) is 6.97. The Morgan fingerprint density at radius 2 is 1.63 bits per heavy atom. The molecule has 208 valence electrons. The van der Waals surface area contributed by atoms with E-state index in [-0.39, 0.29) is 11.6 Å². The Labute approximate surface area is 238 Å². The first kappa shape index (κ1) is 27.5. The van der Waals surface area contributed by atoms with Gasteiger partial charge in [-0.25, -0.2) is 9.78 Å². The van der Waals surface area contributed by atoms with Gasteiger partial charge < -0.3 is 19.7 Å². The van der Waals surface area contributed by atoms with Crippen LogP contribution in [0.1, 0.15) is 30.8 Å². The first-order chi connectivity index (χ1) is 20.0. The van der Waals surface area contributed by atoms with Crippen molar-refractivity contribution in [2.24, 2.45) is 0 Å². The summed E-state index contributed by atoms with van der Waals surface area (Å²) in [5.74, 6) is 1.60. The SMILES string of the molecule is CCC(c1nc2ccccc2c(=O)n1-c1ccccc1OC)N(Cc1ccccc1)C(=O)Nc1cccc(OC)c1. The van der Waals surface area contributed by atoms with Crippen LogP contribution in [0, 0.1) is 0 Å². The van der Waals surface area contributed by atoms with Crippen LogP contribution in [0.5, 0.6) is 11.5 Å². The number of ether oxygens (including phenoxy) is 2. The van der Waals surface area contributed by atoms with Gasteiger partial charge in [-0.05, 0) is 48.4 Å². The average Bonchev–Trinajstić information content (AvgIpc) is 3.01. The smallest absolute Gasteiger partial charge is 0.322 e. The molecule has 0 saturated carbocycles. The summed E-state index contributed by atoms with van der Waals surface area (Å²) in [6, 6.07) is 30.6. The van der Waals surface area contributed by atoms with Crippen LogP contribution in [-0.2, 0) is 6.54 Å². The fourth-order valence-corrected chi connectivity index (χ4v) is 4.96. The first-order valence-electron chi connectivity index (χ1n) is 13.4. The number of amides is 2. The van der Waals surface area contributed by atoms with Crippen LogP contribution in [0.25, 0.3) is 16.6 Å². The Morgan fingerprint density at radius 1 is 0.902 bits per heavy atom. The molecular weight excluding hydrogens is 516 g/mol. The van der Waals surface area contributed by atoms with Gasteiger partial charge in [-0.1, -0.05) is 67.6 Å². The van der Waals surface area contributed by atoms with E-state index in [1.54, 1.807) is 48.0 Å². The average molecular weight is 549 g/mol. The van der Waals surface area contributed by atoms with E-state index in [4.69, 9.17) is 14.5 Å². The molecule has 5 aromatic rings. The molecule has 8 heteroatoms. The van der Waals surface area contributed by atoms with E-state index in [2.05, 4.69) is 5.32 Å². The lowest BCUT2D eigenvalue weighted by Gasteiger charge is -2.32. The molecule has 4 aromatic carbocycles. The van der Waals surface area contributed by atoms with Gasteiger partial charge in [0.05, 0.1) is 36.9 Å². The highest BCUT2D eigenvalue weighted by atomic mass is 16.5. The summed E-state index contributed by atoms with van der Waals surface area (Å²) in [6.45, 7) is 2.28. The highest BCUT2D eigenvalue weighted by molar-refractivity contribution is 5.90. The zero-order valence-electron chi connectivity index (χ0n) is 23.3. The van der Waals surface area contributed by atoms with E-state index in [0.29, 0.717) is 52.6 Å². The minimum Gasteiger partial charge on any atom is -0.497 e. The second-order valence-electron chi connectivity index (χ2n) is 9.50. The molecule has 0 aliphatic rings. The number of methoxy groups -OCH3 is 2. The summed E-state index contributed by atoms with van der Waals surface area (Å²) >= 11 is 0. The van der Waals surface area contributed by atoms with Gasteiger partial charge in [0.25, 0.3) is 5.56 Å². The maximum absolute atomic E-state index is 14.1. The maximum Gasteiger partial charge on any atom is 0.322 e. The zero-order chi connectivity index (χ0) is 28.8. The monoisotopic (exact) mass is 548 g/mol. The van der Waals surface area contributed by atoms with E-state index in [0.717, 1.165) is 5.56 Å². The number of nitrogens with zero attached hydrogens (tertiary/aromatic N) is 3. The molecule has 0 saturated heterocycles. The molecule has 5 rings (SSSR count). The summed E-state index contributed by atoms with van der Waals surface area (Å²) in [5, 5.41) is 3.50. The lowest BCUT2D eigenvalue weighted by Crippen LogP contribution is -2.40. The number of hydrogen-bond donors (Lipinski definition) is 1. The molecule has 1 atom stereocenters. The van der Waals surface area contributed by atoms with Crippen molar-refractivity contribution in [1.29, 1.82) is 0 Å².